The molecule has 1 fully saturated rings. The predicted molar refractivity (Wildman–Crippen MR) is 74.7 cm³/mol. The van der Waals surface area contributed by atoms with E-state index in [0.717, 1.165) is 24.6 Å². The molecule has 4 heteroatoms. The predicted octanol–water partition coefficient (Wildman–Crippen LogP) is 2.76. The van der Waals surface area contributed by atoms with Crippen LogP contribution in [0.4, 0.5) is 0 Å². The molecular weight excluding hydrogens is 236 g/mol. The molecule has 1 saturated heterocycles. The van der Waals surface area contributed by atoms with Crippen molar-refractivity contribution in [3.63, 3.8) is 0 Å². The summed E-state index contributed by atoms with van der Waals surface area (Å²) in [7, 11) is 0. The van der Waals surface area contributed by atoms with Crippen LogP contribution in [-0.2, 0) is 6.54 Å². The minimum atomic E-state index is 0.412. The van der Waals surface area contributed by atoms with Crippen molar-refractivity contribution in [3.05, 3.63) is 47.3 Å². The van der Waals surface area contributed by atoms with Gasteiger partial charge in [0.1, 0.15) is 5.82 Å². The summed E-state index contributed by atoms with van der Waals surface area (Å²) in [6, 6.07) is 4.54. The molecule has 100 valence electrons. The number of hydrogen-bond donors (Lipinski definition) is 1. The number of likely N-dealkylation sites (tertiary alicyclic amines) is 1. The van der Waals surface area contributed by atoms with Gasteiger partial charge in [0, 0.05) is 24.6 Å². The number of imidazole rings is 1. The van der Waals surface area contributed by atoms with Gasteiger partial charge in [-0.05, 0) is 44.9 Å². The van der Waals surface area contributed by atoms with Crippen LogP contribution in [0.1, 0.15) is 41.7 Å². The molecule has 19 heavy (non-hydrogen) atoms. The highest BCUT2D eigenvalue weighted by atomic mass is 15.2. The van der Waals surface area contributed by atoms with Gasteiger partial charge >= 0.3 is 0 Å². The number of aryl methyl sites for hydroxylation is 2. The van der Waals surface area contributed by atoms with E-state index in [0.29, 0.717) is 6.04 Å². The lowest BCUT2D eigenvalue weighted by Crippen LogP contribution is -2.24. The van der Waals surface area contributed by atoms with Gasteiger partial charge in [0.25, 0.3) is 0 Å². The van der Waals surface area contributed by atoms with Crippen LogP contribution in [0, 0.1) is 13.8 Å². The third-order valence-electron chi connectivity index (χ3n) is 3.87. The number of nitrogens with zero attached hydrogens (tertiary/aromatic N) is 3. The second kappa shape index (κ2) is 5.13. The van der Waals surface area contributed by atoms with Crippen LogP contribution in [0.15, 0.2) is 24.5 Å². The SMILES string of the molecule is Cc1cnc([C@H]2CCCN2Cc2ncccc2C)[nH]1. The van der Waals surface area contributed by atoms with Gasteiger partial charge in [0.05, 0.1) is 11.7 Å². The summed E-state index contributed by atoms with van der Waals surface area (Å²) < 4.78 is 0. The lowest BCUT2D eigenvalue weighted by molar-refractivity contribution is 0.237. The summed E-state index contributed by atoms with van der Waals surface area (Å²) in [6.45, 7) is 6.22. The quantitative estimate of drug-likeness (QED) is 0.918. The number of aromatic amines is 1. The van der Waals surface area contributed by atoms with Crippen molar-refractivity contribution < 1.29 is 0 Å². The number of pyridine rings is 1. The van der Waals surface area contributed by atoms with E-state index in [9.17, 15) is 0 Å². The maximum absolute atomic E-state index is 4.50. The minimum Gasteiger partial charge on any atom is -0.345 e. The lowest BCUT2D eigenvalue weighted by Gasteiger charge is -2.23. The average molecular weight is 256 g/mol. The summed E-state index contributed by atoms with van der Waals surface area (Å²) in [5, 5.41) is 0. The van der Waals surface area contributed by atoms with Gasteiger partial charge in [-0.25, -0.2) is 4.98 Å². The normalized spacial score (nSPS) is 20.0. The summed E-state index contributed by atoms with van der Waals surface area (Å²) in [5.41, 5.74) is 3.58. The number of rotatable bonds is 3. The van der Waals surface area contributed by atoms with Gasteiger partial charge in [-0.2, -0.15) is 0 Å². The van der Waals surface area contributed by atoms with Gasteiger partial charge in [0.15, 0.2) is 0 Å². The van der Waals surface area contributed by atoms with Crippen molar-refractivity contribution in [2.45, 2.75) is 39.3 Å². The van der Waals surface area contributed by atoms with Crippen LogP contribution in [0.2, 0.25) is 0 Å². The van der Waals surface area contributed by atoms with E-state index in [2.05, 4.69) is 39.8 Å². The maximum Gasteiger partial charge on any atom is 0.123 e. The van der Waals surface area contributed by atoms with Gasteiger partial charge in [-0.3, -0.25) is 9.88 Å². The fraction of sp³-hybridized carbons (Fsp3) is 0.467. The largest absolute Gasteiger partial charge is 0.345 e. The highest BCUT2D eigenvalue weighted by Gasteiger charge is 2.28. The Hall–Kier alpha value is -1.68. The van der Waals surface area contributed by atoms with Crippen LogP contribution < -0.4 is 0 Å². The van der Waals surface area contributed by atoms with Crippen LogP contribution in [0.25, 0.3) is 0 Å². The summed E-state index contributed by atoms with van der Waals surface area (Å²) in [5.74, 6) is 1.10. The molecule has 0 aromatic carbocycles. The summed E-state index contributed by atoms with van der Waals surface area (Å²) in [4.78, 5) is 14.9. The molecule has 0 unspecified atom stereocenters. The second-order valence-corrected chi connectivity index (χ2v) is 5.35. The van der Waals surface area contributed by atoms with Crippen LogP contribution >= 0.6 is 0 Å². The van der Waals surface area contributed by atoms with E-state index in [4.69, 9.17) is 0 Å². The molecule has 0 bridgehead atoms. The van der Waals surface area contributed by atoms with E-state index in [-0.39, 0.29) is 0 Å². The number of aromatic nitrogens is 3. The Bertz CT molecular complexity index is 561. The van der Waals surface area contributed by atoms with E-state index in [1.807, 2.05) is 18.5 Å². The number of H-pyrrole nitrogens is 1. The molecule has 1 N–H and O–H groups in total. The molecule has 3 heterocycles. The summed E-state index contributed by atoms with van der Waals surface area (Å²) >= 11 is 0. The van der Waals surface area contributed by atoms with Gasteiger partial charge < -0.3 is 4.98 Å². The van der Waals surface area contributed by atoms with Gasteiger partial charge in [-0.1, -0.05) is 6.07 Å². The highest BCUT2D eigenvalue weighted by molar-refractivity contribution is 5.18. The minimum absolute atomic E-state index is 0.412. The van der Waals surface area contributed by atoms with Crippen molar-refractivity contribution in [2.24, 2.45) is 0 Å². The molecule has 2 aromatic rings. The molecule has 4 nitrogen and oxygen atoms in total. The fourth-order valence-electron chi connectivity index (χ4n) is 2.80. The second-order valence-electron chi connectivity index (χ2n) is 5.35. The van der Waals surface area contributed by atoms with E-state index in [1.165, 1.54) is 24.1 Å². The van der Waals surface area contributed by atoms with Crippen LogP contribution in [0.5, 0.6) is 0 Å². The molecule has 0 aliphatic carbocycles. The Morgan fingerprint density at radius 1 is 1.37 bits per heavy atom. The first-order valence-corrected chi connectivity index (χ1v) is 6.90. The van der Waals surface area contributed by atoms with Crippen LogP contribution in [0.3, 0.4) is 0 Å². The Kier molecular flexibility index (Phi) is 3.34. The van der Waals surface area contributed by atoms with E-state index >= 15 is 0 Å². The molecule has 2 aromatic heterocycles. The van der Waals surface area contributed by atoms with Crippen molar-refractivity contribution in [3.8, 4) is 0 Å². The third kappa shape index (κ3) is 2.54. The molecule has 1 aliphatic rings. The van der Waals surface area contributed by atoms with Crippen molar-refractivity contribution in [1.29, 1.82) is 0 Å². The molecule has 0 amide bonds. The molecule has 0 spiro atoms. The first-order chi connectivity index (χ1) is 9.24. The van der Waals surface area contributed by atoms with Gasteiger partial charge in [0.2, 0.25) is 0 Å². The smallest absolute Gasteiger partial charge is 0.123 e. The zero-order valence-electron chi connectivity index (χ0n) is 11.6. The molecule has 1 atom stereocenters. The zero-order valence-corrected chi connectivity index (χ0v) is 11.6. The standard InChI is InChI=1S/C15H20N4/c1-11-5-3-7-16-13(11)10-19-8-4-6-14(19)15-17-9-12(2)18-15/h3,5,7,9,14H,4,6,8,10H2,1-2H3,(H,17,18)/t14-/m1/s1. The first-order valence-electron chi connectivity index (χ1n) is 6.90. The monoisotopic (exact) mass is 256 g/mol. The van der Waals surface area contributed by atoms with Gasteiger partial charge in [-0.15, -0.1) is 0 Å². The highest BCUT2D eigenvalue weighted by Crippen LogP contribution is 2.31. The zero-order chi connectivity index (χ0) is 13.2. The van der Waals surface area contributed by atoms with Crippen LogP contribution in [-0.4, -0.2) is 26.4 Å². The maximum atomic E-state index is 4.50. The Morgan fingerprint density at radius 2 is 2.26 bits per heavy atom. The Labute approximate surface area is 113 Å². The van der Waals surface area contributed by atoms with Crippen molar-refractivity contribution in [1.82, 2.24) is 19.9 Å². The number of hydrogen-bond acceptors (Lipinski definition) is 3. The van der Waals surface area contributed by atoms with Crippen molar-refractivity contribution in [2.75, 3.05) is 6.54 Å². The summed E-state index contributed by atoms with van der Waals surface area (Å²) in [6.07, 6.45) is 6.21. The average Bonchev–Trinajstić information content (AvgIpc) is 3.01. The molecule has 0 saturated carbocycles. The molecule has 3 rings (SSSR count). The third-order valence-corrected chi connectivity index (χ3v) is 3.87. The lowest BCUT2D eigenvalue weighted by atomic mass is 10.2. The fourth-order valence-corrected chi connectivity index (χ4v) is 2.80. The van der Waals surface area contributed by atoms with Crippen molar-refractivity contribution >= 4 is 0 Å². The first kappa shape index (κ1) is 12.4. The number of nitrogens with one attached hydrogen (secondary N) is 1. The molecule has 1 aliphatic heterocycles. The topological polar surface area (TPSA) is 44.8 Å². The van der Waals surface area contributed by atoms with E-state index < -0.39 is 0 Å². The Balaban J connectivity index is 1.79. The molecule has 0 radical (unpaired) electrons. The Morgan fingerprint density at radius 3 is 3.00 bits per heavy atom. The van der Waals surface area contributed by atoms with E-state index in [1.54, 1.807) is 0 Å². The molecular formula is C15H20N4.